The van der Waals surface area contributed by atoms with E-state index in [4.69, 9.17) is 4.74 Å². The molecule has 126 valence electrons. The van der Waals surface area contributed by atoms with Crippen molar-refractivity contribution in [3.05, 3.63) is 67.0 Å². The highest BCUT2D eigenvalue weighted by atomic mass is 16.6. The maximum absolute atomic E-state index is 12.4. The molecule has 0 fully saturated rings. The number of benzene rings is 2. The van der Waals surface area contributed by atoms with Crippen LogP contribution in [0.25, 0.3) is 27.5 Å². The number of ether oxygens (including phenoxy) is 1. The van der Waals surface area contributed by atoms with Gasteiger partial charge in [-0.25, -0.2) is 4.79 Å². The minimum absolute atomic E-state index is 0.360. The van der Waals surface area contributed by atoms with Gasteiger partial charge in [-0.2, -0.15) is 0 Å². The van der Waals surface area contributed by atoms with Crippen molar-refractivity contribution in [1.29, 1.82) is 0 Å². The van der Waals surface area contributed by atoms with Crippen LogP contribution in [-0.4, -0.2) is 20.8 Å². The molecule has 0 aliphatic heterocycles. The molecule has 2 heterocycles. The number of nitrogens with zero attached hydrogens (tertiary/aromatic N) is 2. The maximum atomic E-state index is 12.4. The van der Waals surface area contributed by atoms with Gasteiger partial charge < -0.3 is 9.30 Å². The number of aromatic nitrogens is 2. The van der Waals surface area contributed by atoms with E-state index in [1.54, 1.807) is 10.8 Å². The molecular weight excluding hydrogens is 312 g/mol. The largest absolute Gasteiger partial charge is 0.443 e. The van der Waals surface area contributed by atoms with Gasteiger partial charge in [0.05, 0.1) is 11.0 Å². The molecule has 4 nitrogen and oxygen atoms in total. The van der Waals surface area contributed by atoms with Gasteiger partial charge in [0.1, 0.15) is 5.60 Å². The van der Waals surface area contributed by atoms with Gasteiger partial charge in [0, 0.05) is 23.5 Å². The fourth-order valence-corrected chi connectivity index (χ4v) is 3.06. The van der Waals surface area contributed by atoms with Crippen LogP contribution in [0.3, 0.4) is 0 Å². The number of hydrogen-bond donors (Lipinski definition) is 0. The molecule has 0 bridgehead atoms. The van der Waals surface area contributed by atoms with Crippen LogP contribution in [-0.2, 0) is 4.74 Å². The average Bonchev–Trinajstić information content (AvgIpc) is 3.16. The summed E-state index contributed by atoms with van der Waals surface area (Å²) in [7, 11) is 0. The first-order chi connectivity index (χ1) is 11.9. The van der Waals surface area contributed by atoms with Gasteiger partial charge in [-0.1, -0.05) is 18.2 Å². The quantitative estimate of drug-likeness (QED) is 0.470. The van der Waals surface area contributed by atoms with Gasteiger partial charge >= 0.3 is 6.09 Å². The Balaban J connectivity index is 1.76. The molecule has 0 saturated carbocycles. The number of carbonyl (C=O) groups is 1. The van der Waals surface area contributed by atoms with Crippen LogP contribution in [0.15, 0.2) is 67.0 Å². The van der Waals surface area contributed by atoms with Gasteiger partial charge in [-0.15, -0.1) is 0 Å². The Kier molecular flexibility index (Phi) is 3.42. The molecule has 0 atom stereocenters. The predicted molar refractivity (Wildman–Crippen MR) is 100 cm³/mol. The van der Waals surface area contributed by atoms with Crippen LogP contribution in [0.1, 0.15) is 20.8 Å². The van der Waals surface area contributed by atoms with E-state index in [-0.39, 0.29) is 6.09 Å². The first-order valence-corrected chi connectivity index (χ1v) is 8.33. The van der Waals surface area contributed by atoms with Crippen molar-refractivity contribution in [1.82, 2.24) is 9.13 Å². The Labute approximate surface area is 146 Å². The Bertz CT molecular complexity index is 1080. The predicted octanol–water partition coefficient (Wildman–Crippen LogP) is 5.37. The summed E-state index contributed by atoms with van der Waals surface area (Å²) < 4.78 is 9.18. The van der Waals surface area contributed by atoms with Crippen molar-refractivity contribution >= 4 is 27.9 Å². The van der Waals surface area contributed by atoms with E-state index in [9.17, 15) is 4.79 Å². The molecular formula is C21H20N2O2. The average molecular weight is 332 g/mol. The minimum Gasteiger partial charge on any atom is -0.443 e. The first kappa shape index (κ1) is 15.5. The zero-order chi connectivity index (χ0) is 17.6. The molecule has 0 aliphatic carbocycles. The van der Waals surface area contributed by atoms with Crippen LogP contribution in [0, 0.1) is 0 Å². The molecule has 25 heavy (non-hydrogen) atoms. The molecule has 4 aromatic rings. The number of hydrogen-bond acceptors (Lipinski definition) is 2. The Morgan fingerprint density at radius 1 is 0.880 bits per heavy atom. The molecule has 2 aromatic heterocycles. The van der Waals surface area contributed by atoms with E-state index in [2.05, 4.69) is 35.0 Å². The second kappa shape index (κ2) is 5.52. The number of rotatable bonds is 1. The topological polar surface area (TPSA) is 36.2 Å². The van der Waals surface area contributed by atoms with Crippen molar-refractivity contribution in [2.75, 3.05) is 0 Å². The Morgan fingerprint density at radius 2 is 1.64 bits per heavy atom. The van der Waals surface area contributed by atoms with Gasteiger partial charge in [0.25, 0.3) is 0 Å². The smallest absolute Gasteiger partial charge is 0.418 e. The van der Waals surface area contributed by atoms with Crippen LogP contribution in [0.5, 0.6) is 0 Å². The third-order valence-electron chi connectivity index (χ3n) is 4.14. The fraction of sp³-hybridized carbons (Fsp3) is 0.190. The minimum atomic E-state index is -0.516. The van der Waals surface area contributed by atoms with Crippen LogP contribution < -0.4 is 0 Å². The van der Waals surface area contributed by atoms with Gasteiger partial charge in [0.2, 0.25) is 0 Å². The molecule has 4 rings (SSSR count). The summed E-state index contributed by atoms with van der Waals surface area (Å²) in [5, 5.41) is 2.20. The number of para-hydroxylation sites is 1. The van der Waals surface area contributed by atoms with Crippen molar-refractivity contribution in [3.63, 3.8) is 0 Å². The first-order valence-electron chi connectivity index (χ1n) is 8.33. The number of fused-ring (bicyclic) bond motifs is 2. The molecule has 4 heteroatoms. The van der Waals surface area contributed by atoms with Crippen molar-refractivity contribution in [3.8, 4) is 5.69 Å². The van der Waals surface area contributed by atoms with Gasteiger partial charge in [0.15, 0.2) is 0 Å². The van der Waals surface area contributed by atoms with Crippen LogP contribution in [0.2, 0.25) is 0 Å². The normalized spacial score (nSPS) is 12.0. The van der Waals surface area contributed by atoms with Crippen LogP contribution >= 0.6 is 0 Å². The molecule has 0 amide bonds. The summed E-state index contributed by atoms with van der Waals surface area (Å²) in [5.74, 6) is 0. The van der Waals surface area contributed by atoms with E-state index in [1.807, 2.05) is 51.1 Å². The van der Waals surface area contributed by atoms with Crippen molar-refractivity contribution < 1.29 is 9.53 Å². The Hall–Kier alpha value is -3.01. The van der Waals surface area contributed by atoms with Crippen LogP contribution in [0.4, 0.5) is 4.79 Å². The SMILES string of the molecule is CC(C)(C)OC(=O)n1ccc2cc(-n3ccc4ccccc43)ccc21. The summed E-state index contributed by atoms with van der Waals surface area (Å²) in [6.45, 7) is 5.60. The zero-order valence-electron chi connectivity index (χ0n) is 14.6. The fourth-order valence-electron chi connectivity index (χ4n) is 3.06. The maximum Gasteiger partial charge on any atom is 0.418 e. The molecule has 0 radical (unpaired) electrons. The molecule has 0 saturated heterocycles. The summed E-state index contributed by atoms with van der Waals surface area (Å²) in [6, 6.07) is 18.4. The van der Waals surface area contributed by atoms with E-state index in [0.717, 1.165) is 22.1 Å². The lowest BCUT2D eigenvalue weighted by Gasteiger charge is -2.19. The third kappa shape index (κ3) is 2.80. The molecule has 0 N–H and O–H groups in total. The van der Waals surface area contributed by atoms with E-state index in [0.29, 0.717) is 0 Å². The van der Waals surface area contributed by atoms with E-state index in [1.165, 1.54) is 5.39 Å². The molecule has 0 unspecified atom stereocenters. The second-order valence-corrected chi connectivity index (χ2v) is 7.15. The molecule has 2 aromatic carbocycles. The highest BCUT2D eigenvalue weighted by molar-refractivity contribution is 5.91. The molecule has 0 spiro atoms. The summed E-state index contributed by atoms with van der Waals surface area (Å²) >= 11 is 0. The van der Waals surface area contributed by atoms with Crippen molar-refractivity contribution in [2.24, 2.45) is 0 Å². The molecule has 0 aliphatic rings. The van der Waals surface area contributed by atoms with E-state index >= 15 is 0 Å². The summed E-state index contributed by atoms with van der Waals surface area (Å²) in [5.41, 5.74) is 2.55. The lowest BCUT2D eigenvalue weighted by molar-refractivity contribution is 0.0544. The lowest BCUT2D eigenvalue weighted by Crippen LogP contribution is -2.26. The van der Waals surface area contributed by atoms with E-state index < -0.39 is 5.60 Å². The highest BCUT2D eigenvalue weighted by Gasteiger charge is 2.19. The monoisotopic (exact) mass is 332 g/mol. The van der Waals surface area contributed by atoms with Gasteiger partial charge in [-0.3, -0.25) is 4.57 Å². The van der Waals surface area contributed by atoms with Crippen molar-refractivity contribution in [2.45, 2.75) is 26.4 Å². The van der Waals surface area contributed by atoms with Gasteiger partial charge in [-0.05, 0) is 62.6 Å². The standard InChI is InChI=1S/C21H20N2O2/c1-21(2,3)25-20(24)23-13-11-16-14-17(8-9-19(16)23)22-12-10-15-6-4-5-7-18(15)22/h4-14H,1-3H3. The highest BCUT2D eigenvalue weighted by Crippen LogP contribution is 2.25. The Morgan fingerprint density at radius 3 is 2.44 bits per heavy atom. The third-order valence-corrected chi connectivity index (χ3v) is 4.14. The summed E-state index contributed by atoms with van der Waals surface area (Å²) in [4.78, 5) is 12.4. The summed E-state index contributed by atoms with van der Waals surface area (Å²) in [6.07, 6.45) is 3.47. The second-order valence-electron chi connectivity index (χ2n) is 7.15. The lowest BCUT2D eigenvalue weighted by atomic mass is 10.2. The zero-order valence-corrected chi connectivity index (χ0v) is 14.6. The number of carbonyl (C=O) groups excluding carboxylic acids is 1.